The molecule has 0 aromatic carbocycles. The Kier molecular flexibility index (Phi) is 2.61. The number of rotatable bonds is 2. The van der Waals surface area contributed by atoms with Gasteiger partial charge in [-0.25, -0.2) is 5.48 Å². The highest BCUT2D eigenvalue weighted by Crippen LogP contribution is 1.94. The Morgan fingerprint density at radius 1 is 1.92 bits per heavy atom. The molecule has 1 saturated heterocycles. The molecule has 0 aromatic rings. The maximum Gasteiger partial charge on any atom is 0.268 e. The maximum absolute atomic E-state index is 11.0. The zero-order chi connectivity index (χ0) is 9.14. The Labute approximate surface area is 69.4 Å². The Hall–Kier alpha value is -1.14. The van der Waals surface area contributed by atoms with E-state index in [1.807, 2.05) is 0 Å². The molecule has 1 fully saturated rings. The van der Waals surface area contributed by atoms with E-state index in [1.165, 1.54) is 0 Å². The molecule has 0 bridgehead atoms. The van der Waals surface area contributed by atoms with Gasteiger partial charge in [0.15, 0.2) is 0 Å². The predicted molar refractivity (Wildman–Crippen MR) is 39.7 cm³/mol. The molecule has 6 nitrogen and oxygen atoms in total. The average molecular weight is 173 g/mol. The molecule has 6 heteroatoms. The van der Waals surface area contributed by atoms with Crippen molar-refractivity contribution in [2.45, 2.75) is 19.0 Å². The molecule has 0 aromatic heterocycles. The van der Waals surface area contributed by atoms with Crippen molar-refractivity contribution in [1.82, 2.24) is 10.8 Å². The van der Waals surface area contributed by atoms with Gasteiger partial charge in [-0.15, -0.1) is 0 Å². The fraction of sp³-hybridized carbons (Fsp3) is 0.667. The summed E-state index contributed by atoms with van der Waals surface area (Å²) in [6.07, 6.45) is 0. The quantitative estimate of drug-likeness (QED) is 0.445. The second-order valence-electron chi connectivity index (χ2n) is 2.63. The van der Waals surface area contributed by atoms with Crippen LogP contribution in [0, 0.1) is 0 Å². The van der Waals surface area contributed by atoms with Crippen molar-refractivity contribution in [3.8, 4) is 0 Å². The molecule has 12 heavy (non-hydrogen) atoms. The van der Waals surface area contributed by atoms with E-state index in [0.29, 0.717) is 0 Å². The third kappa shape index (κ3) is 1.93. The van der Waals surface area contributed by atoms with Crippen molar-refractivity contribution < 1.29 is 14.4 Å². The molecule has 1 aliphatic heterocycles. The Balaban J connectivity index is 2.40. The summed E-state index contributed by atoms with van der Waals surface area (Å²) in [5, 5.41) is 2.43. The Bertz CT molecular complexity index is 204. The lowest BCUT2D eigenvalue weighted by Crippen LogP contribution is -2.47. The van der Waals surface area contributed by atoms with Crippen LogP contribution in [0.2, 0.25) is 0 Å². The molecular weight excluding hydrogens is 162 g/mol. The molecule has 0 radical (unpaired) electrons. The van der Waals surface area contributed by atoms with Crippen LogP contribution in [0.4, 0.5) is 0 Å². The summed E-state index contributed by atoms with van der Waals surface area (Å²) in [6.45, 7) is 1.69. The van der Waals surface area contributed by atoms with Gasteiger partial charge in [0.25, 0.3) is 5.91 Å². The number of hydrogen-bond acceptors (Lipinski definition) is 4. The average Bonchev–Trinajstić information content (AvgIpc) is 2.36. The molecule has 0 aliphatic carbocycles. The van der Waals surface area contributed by atoms with E-state index >= 15 is 0 Å². The summed E-state index contributed by atoms with van der Waals surface area (Å²) in [6, 6.07) is -1.22. The molecule has 2 amide bonds. The minimum atomic E-state index is -0.613. The zero-order valence-corrected chi connectivity index (χ0v) is 6.66. The summed E-state index contributed by atoms with van der Waals surface area (Å²) in [5.41, 5.74) is 7.39. The third-order valence-corrected chi connectivity index (χ3v) is 1.47. The molecule has 1 unspecified atom stereocenters. The fourth-order valence-electron chi connectivity index (χ4n) is 0.753. The van der Waals surface area contributed by atoms with Crippen molar-refractivity contribution in [1.29, 1.82) is 0 Å². The fourth-order valence-corrected chi connectivity index (χ4v) is 0.753. The standard InChI is InChI=1S/C6H11N3O3/c1-3(7)5(10)8-4-2-12-9-6(4)11/h3-4H,2,7H2,1H3,(H,8,10)(H,9,11)/t3?,4-/m1/s1. The Morgan fingerprint density at radius 3 is 3.00 bits per heavy atom. The highest BCUT2D eigenvalue weighted by Gasteiger charge is 2.27. The van der Waals surface area contributed by atoms with E-state index in [2.05, 4.69) is 15.6 Å². The van der Waals surface area contributed by atoms with Crippen LogP contribution in [-0.2, 0) is 14.4 Å². The van der Waals surface area contributed by atoms with Crippen LogP contribution in [0.15, 0.2) is 0 Å². The first-order valence-electron chi connectivity index (χ1n) is 3.59. The van der Waals surface area contributed by atoms with Gasteiger partial charge >= 0.3 is 0 Å². The van der Waals surface area contributed by atoms with Gasteiger partial charge in [0.05, 0.1) is 6.04 Å². The van der Waals surface area contributed by atoms with Crippen LogP contribution in [-0.4, -0.2) is 30.5 Å². The lowest BCUT2D eigenvalue weighted by molar-refractivity contribution is -0.129. The van der Waals surface area contributed by atoms with Gasteiger partial charge in [-0.05, 0) is 6.92 Å². The largest absolute Gasteiger partial charge is 0.341 e. The van der Waals surface area contributed by atoms with E-state index in [9.17, 15) is 9.59 Å². The lowest BCUT2D eigenvalue weighted by atomic mass is 10.2. The number of carbonyl (C=O) groups excluding carboxylic acids is 2. The van der Waals surface area contributed by atoms with Crippen molar-refractivity contribution in [2.24, 2.45) is 5.73 Å². The first-order chi connectivity index (χ1) is 5.61. The topological polar surface area (TPSA) is 93.5 Å². The van der Waals surface area contributed by atoms with Gasteiger partial charge in [0.1, 0.15) is 12.6 Å². The predicted octanol–water partition coefficient (Wildman–Crippen LogP) is -2.12. The third-order valence-electron chi connectivity index (χ3n) is 1.47. The summed E-state index contributed by atoms with van der Waals surface area (Å²) in [7, 11) is 0. The second-order valence-corrected chi connectivity index (χ2v) is 2.63. The number of hydrogen-bond donors (Lipinski definition) is 3. The van der Waals surface area contributed by atoms with Gasteiger partial charge in [0.2, 0.25) is 5.91 Å². The Morgan fingerprint density at radius 2 is 2.58 bits per heavy atom. The number of nitrogens with two attached hydrogens (primary N) is 1. The van der Waals surface area contributed by atoms with Crippen molar-refractivity contribution >= 4 is 11.8 Å². The first kappa shape index (κ1) is 8.95. The smallest absolute Gasteiger partial charge is 0.268 e. The van der Waals surface area contributed by atoms with Crippen LogP contribution in [0.25, 0.3) is 0 Å². The van der Waals surface area contributed by atoms with E-state index in [1.54, 1.807) is 6.92 Å². The summed E-state index contributed by atoms with van der Waals surface area (Å²) < 4.78 is 0. The molecule has 4 N–H and O–H groups in total. The SMILES string of the molecule is CC(N)C(=O)N[C@@H]1CONC1=O. The van der Waals surface area contributed by atoms with E-state index in [0.717, 1.165) is 0 Å². The number of nitrogens with one attached hydrogen (secondary N) is 2. The molecule has 0 saturated carbocycles. The van der Waals surface area contributed by atoms with Crippen LogP contribution >= 0.6 is 0 Å². The van der Waals surface area contributed by atoms with Gasteiger partial charge < -0.3 is 11.1 Å². The maximum atomic E-state index is 11.0. The highest BCUT2D eigenvalue weighted by atomic mass is 16.7. The van der Waals surface area contributed by atoms with Crippen LogP contribution in [0.5, 0.6) is 0 Å². The molecule has 1 rings (SSSR count). The summed E-state index contributed by atoms with van der Waals surface area (Å²) in [5.74, 6) is -0.704. The van der Waals surface area contributed by atoms with Gasteiger partial charge in [0, 0.05) is 0 Å². The summed E-state index contributed by atoms with van der Waals surface area (Å²) in [4.78, 5) is 26.4. The van der Waals surface area contributed by atoms with Gasteiger partial charge in [-0.1, -0.05) is 0 Å². The zero-order valence-electron chi connectivity index (χ0n) is 6.66. The van der Waals surface area contributed by atoms with Crippen molar-refractivity contribution in [3.63, 3.8) is 0 Å². The second kappa shape index (κ2) is 3.51. The number of hydroxylamine groups is 1. The monoisotopic (exact) mass is 173 g/mol. The number of amides is 2. The molecule has 0 spiro atoms. The lowest BCUT2D eigenvalue weighted by Gasteiger charge is -2.09. The molecule has 1 aliphatic rings. The highest BCUT2D eigenvalue weighted by molar-refractivity contribution is 5.89. The minimum Gasteiger partial charge on any atom is -0.341 e. The van der Waals surface area contributed by atoms with Crippen LogP contribution in [0.1, 0.15) is 6.92 Å². The van der Waals surface area contributed by atoms with E-state index in [-0.39, 0.29) is 18.4 Å². The summed E-state index contributed by atoms with van der Waals surface area (Å²) >= 11 is 0. The van der Waals surface area contributed by atoms with Crippen molar-refractivity contribution in [3.05, 3.63) is 0 Å². The molecular formula is C6H11N3O3. The van der Waals surface area contributed by atoms with E-state index < -0.39 is 12.1 Å². The van der Waals surface area contributed by atoms with Gasteiger partial charge in [-0.3, -0.25) is 14.4 Å². The van der Waals surface area contributed by atoms with Crippen LogP contribution in [0.3, 0.4) is 0 Å². The minimum absolute atomic E-state index is 0.150. The first-order valence-corrected chi connectivity index (χ1v) is 3.59. The normalized spacial score (nSPS) is 24.8. The van der Waals surface area contributed by atoms with Crippen molar-refractivity contribution in [2.75, 3.05) is 6.61 Å². The molecule has 68 valence electrons. The molecule has 2 atom stereocenters. The van der Waals surface area contributed by atoms with Crippen LogP contribution < -0.4 is 16.5 Å². The van der Waals surface area contributed by atoms with Gasteiger partial charge in [-0.2, -0.15) is 0 Å². The molecule has 1 heterocycles. The van der Waals surface area contributed by atoms with E-state index in [4.69, 9.17) is 5.73 Å². The number of carbonyl (C=O) groups is 2.